The summed E-state index contributed by atoms with van der Waals surface area (Å²) in [5.41, 5.74) is 1.13. The number of unbranched alkanes of at least 4 members (excludes halogenated alkanes) is 1. The van der Waals surface area contributed by atoms with E-state index >= 15 is 0 Å². The van der Waals surface area contributed by atoms with Gasteiger partial charge in [-0.1, -0.05) is 39.8 Å². The molecule has 0 heterocycles. The van der Waals surface area contributed by atoms with Crippen molar-refractivity contribution in [2.45, 2.75) is 77.8 Å². The van der Waals surface area contributed by atoms with Crippen LogP contribution in [0.25, 0.3) is 0 Å². The van der Waals surface area contributed by atoms with Crippen LogP contribution in [0.15, 0.2) is 24.3 Å². The van der Waals surface area contributed by atoms with Gasteiger partial charge < -0.3 is 13.9 Å². The van der Waals surface area contributed by atoms with E-state index in [1.807, 2.05) is 31.2 Å². The molecule has 6 nitrogen and oxygen atoms in total. The first-order valence-electron chi connectivity index (χ1n) is 11.6. The largest absolute Gasteiger partial charge is 0.497 e. The number of amides is 1. The first-order valence-corrected chi connectivity index (χ1v) is 14.1. The van der Waals surface area contributed by atoms with Gasteiger partial charge in [-0.3, -0.25) is 9.63 Å². The average Bonchev–Trinajstić information content (AvgIpc) is 2.82. The summed E-state index contributed by atoms with van der Waals surface area (Å²) in [7, 11) is 3.03. The van der Waals surface area contributed by atoms with Gasteiger partial charge in [-0.05, 0) is 55.1 Å². The molecule has 0 radical (unpaired) electrons. The van der Waals surface area contributed by atoms with E-state index in [0.29, 0.717) is 13.2 Å². The summed E-state index contributed by atoms with van der Waals surface area (Å²) in [6.45, 7) is 9.90. The molecule has 0 saturated heterocycles. The fraction of sp³-hybridized carbons (Fsp3) is 0.708. The fourth-order valence-electron chi connectivity index (χ4n) is 3.73. The number of hydrogen-bond acceptors (Lipinski definition) is 5. The third-order valence-electron chi connectivity index (χ3n) is 6.32. The van der Waals surface area contributed by atoms with Gasteiger partial charge in [0.2, 0.25) is 0 Å². The topological polar surface area (TPSA) is 57.2 Å². The van der Waals surface area contributed by atoms with Crippen LogP contribution in [0.4, 0.5) is 0 Å². The highest BCUT2D eigenvalue weighted by Gasteiger charge is 2.36. The van der Waals surface area contributed by atoms with E-state index in [1.54, 1.807) is 14.2 Å². The van der Waals surface area contributed by atoms with Gasteiger partial charge in [0, 0.05) is 13.7 Å². The van der Waals surface area contributed by atoms with Gasteiger partial charge in [0.1, 0.15) is 5.75 Å². The molecule has 0 aromatic heterocycles. The van der Waals surface area contributed by atoms with Crippen molar-refractivity contribution in [2.24, 2.45) is 5.92 Å². The highest BCUT2D eigenvalue weighted by atomic mass is 28.4. The van der Waals surface area contributed by atoms with Crippen molar-refractivity contribution in [3.63, 3.8) is 0 Å². The molecule has 178 valence electrons. The molecule has 1 rings (SSSR count). The number of hydrogen-bond donors (Lipinski definition) is 0. The Labute approximate surface area is 190 Å². The summed E-state index contributed by atoms with van der Waals surface area (Å²) in [5, 5.41) is 1.31. The van der Waals surface area contributed by atoms with Crippen molar-refractivity contribution in [3.8, 4) is 5.75 Å². The molecule has 0 bridgehead atoms. The third kappa shape index (κ3) is 8.92. The number of carbonyl (C=O) groups excluding carboxylic acids is 1. The van der Waals surface area contributed by atoms with Gasteiger partial charge in [-0.2, -0.15) is 0 Å². The van der Waals surface area contributed by atoms with Gasteiger partial charge >= 0.3 is 0 Å². The van der Waals surface area contributed by atoms with E-state index in [2.05, 4.69) is 20.8 Å². The average molecular weight is 454 g/mol. The van der Waals surface area contributed by atoms with Gasteiger partial charge in [0.25, 0.3) is 5.91 Å². The van der Waals surface area contributed by atoms with Crippen molar-refractivity contribution >= 4 is 14.2 Å². The second-order valence-electron chi connectivity index (χ2n) is 8.10. The molecular formula is C24H43NO5Si. The quantitative estimate of drug-likeness (QED) is 0.190. The molecule has 0 N–H and O–H groups in total. The van der Waals surface area contributed by atoms with Crippen molar-refractivity contribution in [3.05, 3.63) is 29.8 Å². The minimum absolute atomic E-state index is 0.0329. The molecule has 0 aliphatic carbocycles. The van der Waals surface area contributed by atoms with Crippen LogP contribution in [-0.2, 0) is 25.4 Å². The maximum atomic E-state index is 12.7. The minimum Gasteiger partial charge on any atom is -0.497 e. The Kier molecular flexibility index (Phi) is 13.0. The SMILES string of the molecule is CC[Si](CC)(CC)O[C@H](CCCCOCc1ccc(OC)cc1)[C@H](C)C(=O)N(C)OC. The Morgan fingerprint density at radius 2 is 1.65 bits per heavy atom. The van der Waals surface area contributed by atoms with Gasteiger partial charge in [0.15, 0.2) is 8.32 Å². The van der Waals surface area contributed by atoms with Crippen molar-refractivity contribution < 1.29 is 23.5 Å². The standard InChI is InChI=1S/C24H43NO5Si/c1-8-31(9-2,10-3)30-23(20(4)24(26)25(5)28-7)13-11-12-18-29-19-21-14-16-22(27-6)17-15-21/h14-17,20,23H,8-13,18-19H2,1-7H3/t20-,23+/m0/s1. The van der Waals surface area contributed by atoms with Gasteiger partial charge in [-0.15, -0.1) is 0 Å². The van der Waals surface area contributed by atoms with E-state index in [1.165, 1.54) is 12.2 Å². The highest BCUT2D eigenvalue weighted by Crippen LogP contribution is 2.28. The molecule has 0 saturated carbocycles. The summed E-state index contributed by atoms with van der Waals surface area (Å²) in [4.78, 5) is 17.8. The molecule has 0 unspecified atom stereocenters. The van der Waals surface area contributed by atoms with Crippen LogP contribution < -0.4 is 4.74 Å². The number of benzene rings is 1. The zero-order valence-corrected chi connectivity index (χ0v) is 21.6. The van der Waals surface area contributed by atoms with Crippen molar-refractivity contribution in [2.75, 3.05) is 27.9 Å². The molecule has 7 heteroatoms. The number of nitrogens with zero attached hydrogens (tertiary/aromatic N) is 1. The molecule has 31 heavy (non-hydrogen) atoms. The third-order valence-corrected chi connectivity index (χ3v) is 11.0. The normalized spacial score (nSPS) is 13.6. The van der Waals surface area contributed by atoms with E-state index in [0.717, 1.165) is 48.7 Å². The first kappa shape index (κ1) is 27.6. The van der Waals surface area contributed by atoms with E-state index in [9.17, 15) is 4.79 Å². The van der Waals surface area contributed by atoms with Crippen LogP contribution in [0.2, 0.25) is 18.1 Å². The second-order valence-corrected chi connectivity index (χ2v) is 12.8. The fourth-order valence-corrected chi connectivity index (χ4v) is 6.69. The van der Waals surface area contributed by atoms with E-state index < -0.39 is 8.32 Å². The van der Waals surface area contributed by atoms with Crippen LogP contribution in [-0.4, -0.2) is 53.3 Å². The summed E-state index contributed by atoms with van der Waals surface area (Å²) in [5.74, 6) is 0.583. The van der Waals surface area contributed by atoms with E-state index in [4.69, 9.17) is 18.7 Å². The summed E-state index contributed by atoms with van der Waals surface area (Å²) >= 11 is 0. The number of methoxy groups -OCH3 is 1. The predicted molar refractivity (Wildman–Crippen MR) is 128 cm³/mol. The number of rotatable bonds is 16. The number of ether oxygens (including phenoxy) is 2. The van der Waals surface area contributed by atoms with Crippen LogP contribution in [0.3, 0.4) is 0 Å². The molecule has 2 atom stereocenters. The Morgan fingerprint density at radius 1 is 1.03 bits per heavy atom. The maximum Gasteiger partial charge on any atom is 0.251 e. The van der Waals surface area contributed by atoms with Crippen molar-refractivity contribution in [1.82, 2.24) is 5.06 Å². The molecule has 0 aliphatic heterocycles. The lowest BCUT2D eigenvalue weighted by molar-refractivity contribution is -0.176. The van der Waals surface area contributed by atoms with Crippen LogP contribution in [0, 0.1) is 5.92 Å². The molecular weight excluding hydrogens is 410 g/mol. The molecule has 0 aliphatic rings. The first-order chi connectivity index (χ1) is 14.9. The Morgan fingerprint density at radius 3 is 2.16 bits per heavy atom. The van der Waals surface area contributed by atoms with E-state index in [-0.39, 0.29) is 17.9 Å². The second kappa shape index (κ2) is 14.6. The Bertz CT molecular complexity index is 613. The monoisotopic (exact) mass is 453 g/mol. The summed E-state index contributed by atoms with van der Waals surface area (Å²) < 4.78 is 17.8. The minimum atomic E-state index is -1.81. The van der Waals surface area contributed by atoms with Gasteiger partial charge in [-0.25, -0.2) is 5.06 Å². The zero-order valence-electron chi connectivity index (χ0n) is 20.6. The number of hydroxylamine groups is 2. The zero-order chi connectivity index (χ0) is 23.3. The smallest absolute Gasteiger partial charge is 0.251 e. The molecule has 1 aromatic carbocycles. The molecule has 0 spiro atoms. The predicted octanol–water partition coefficient (Wildman–Crippen LogP) is 5.43. The van der Waals surface area contributed by atoms with Crippen LogP contribution in [0.5, 0.6) is 5.75 Å². The highest BCUT2D eigenvalue weighted by molar-refractivity contribution is 6.73. The van der Waals surface area contributed by atoms with Crippen molar-refractivity contribution in [1.29, 1.82) is 0 Å². The molecule has 1 aromatic rings. The molecule has 0 fully saturated rings. The van der Waals surface area contributed by atoms with Crippen LogP contribution >= 0.6 is 0 Å². The van der Waals surface area contributed by atoms with Crippen LogP contribution in [0.1, 0.15) is 52.5 Å². The molecule has 1 amide bonds. The summed E-state index contributed by atoms with van der Waals surface area (Å²) in [6, 6.07) is 11.1. The lowest BCUT2D eigenvalue weighted by Crippen LogP contribution is -2.45. The summed E-state index contributed by atoms with van der Waals surface area (Å²) in [6.07, 6.45) is 2.67. The number of carbonyl (C=O) groups is 1. The lowest BCUT2D eigenvalue weighted by atomic mass is 9.99. The Balaban J connectivity index is 2.58. The maximum absolute atomic E-state index is 12.7. The Hall–Kier alpha value is -1.41. The lowest BCUT2D eigenvalue weighted by Gasteiger charge is -2.36. The van der Waals surface area contributed by atoms with Gasteiger partial charge in [0.05, 0.1) is 32.8 Å².